The van der Waals surface area contributed by atoms with E-state index in [1.165, 1.54) is 25.0 Å². The summed E-state index contributed by atoms with van der Waals surface area (Å²) in [6.45, 7) is 0.888. The third-order valence-electron chi connectivity index (χ3n) is 3.21. The molecule has 0 heterocycles. The molecule has 1 unspecified atom stereocenters. The number of benzene rings is 1. The number of hydrogen-bond acceptors (Lipinski definition) is 1. The molecule has 1 atom stereocenters. The number of nitrogens with one attached hydrogen (secondary N) is 1. The zero-order valence-corrected chi connectivity index (χ0v) is 9.47. The van der Waals surface area contributed by atoms with Gasteiger partial charge in [-0.3, -0.25) is 0 Å². The molecule has 1 N–H and O–H groups in total. The smallest absolute Gasteiger partial charge is 0.126 e. The molecule has 2 rings (SSSR count). The molecule has 1 aromatic carbocycles. The Balaban J connectivity index is 2.16. The van der Waals surface area contributed by atoms with Crippen LogP contribution in [0.25, 0.3) is 0 Å². The minimum Gasteiger partial charge on any atom is -0.320 e. The monoisotopic (exact) mass is 225 g/mol. The molecule has 0 bridgehead atoms. The second-order valence-electron chi connectivity index (χ2n) is 4.54. The normalized spacial score (nSPS) is 17.4. The fourth-order valence-electron chi connectivity index (χ4n) is 2.26. The Bertz CT molecular complexity index is 341. The Morgan fingerprint density at radius 1 is 1.25 bits per heavy atom. The molecule has 0 radical (unpaired) electrons. The summed E-state index contributed by atoms with van der Waals surface area (Å²) >= 11 is 0. The lowest BCUT2D eigenvalue weighted by Gasteiger charge is -2.16. The highest BCUT2D eigenvalue weighted by Gasteiger charge is 2.32. The van der Waals surface area contributed by atoms with Crippen molar-refractivity contribution < 1.29 is 8.78 Å². The Kier molecular flexibility index (Phi) is 3.54. The van der Waals surface area contributed by atoms with Crippen molar-refractivity contribution >= 4 is 0 Å². The minimum absolute atomic E-state index is 0.303. The molecule has 1 saturated carbocycles. The average Bonchev–Trinajstić information content (AvgIpc) is 3.01. The molecule has 88 valence electrons. The van der Waals surface area contributed by atoms with Crippen LogP contribution in [0.4, 0.5) is 8.78 Å². The highest BCUT2D eigenvalue weighted by molar-refractivity contribution is 5.24. The van der Waals surface area contributed by atoms with Gasteiger partial charge in [-0.25, -0.2) is 8.78 Å². The molecular weight excluding hydrogens is 208 g/mol. The fraction of sp³-hybridized carbons (Fsp3) is 0.538. The Morgan fingerprint density at radius 2 is 1.88 bits per heavy atom. The average molecular weight is 225 g/mol. The van der Waals surface area contributed by atoms with E-state index in [0.29, 0.717) is 11.8 Å². The van der Waals surface area contributed by atoms with Gasteiger partial charge in [0.15, 0.2) is 0 Å². The van der Waals surface area contributed by atoms with E-state index < -0.39 is 11.6 Å². The van der Waals surface area contributed by atoms with Crippen LogP contribution in [-0.4, -0.2) is 13.6 Å². The molecule has 3 heteroatoms. The summed E-state index contributed by atoms with van der Waals surface area (Å²) < 4.78 is 26.3. The Hall–Kier alpha value is -0.960. The predicted molar refractivity (Wildman–Crippen MR) is 60.4 cm³/mol. The van der Waals surface area contributed by atoms with Crippen molar-refractivity contribution in [2.45, 2.75) is 25.2 Å². The van der Waals surface area contributed by atoms with Crippen LogP contribution in [0, 0.1) is 17.6 Å². The van der Waals surface area contributed by atoms with Crippen LogP contribution in [0.3, 0.4) is 0 Å². The summed E-state index contributed by atoms with van der Waals surface area (Å²) in [6, 6.07) is 3.88. The van der Waals surface area contributed by atoms with Crippen molar-refractivity contribution in [1.82, 2.24) is 5.32 Å². The van der Waals surface area contributed by atoms with Crippen molar-refractivity contribution in [2.75, 3.05) is 13.6 Å². The van der Waals surface area contributed by atoms with Crippen LogP contribution >= 0.6 is 0 Å². The van der Waals surface area contributed by atoms with Crippen molar-refractivity contribution in [2.24, 2.45) is 5.92 Å². The van der Waals surface area contributed by atoms with Crippen molar-refractivity contribution in [3.63, 3.8) is 0 Å². The number of halogens is 2. The van der Waals surface area contributed by atoms with Gasteiger partial charge >= 0.3 is 0 Å². The predicted octanol–water partition coefficient (Wildman–Crippen LogP) is 3.07. The van der Waals surface area contributed by atoms with Gasteiger partial charge in [-0.1, -0.05) is 0 Å². The first-order valence-electron chi connectivity index (χ1n) is 5.81. The minimum atomic E-state index is -0.467. The van der Waals surface area contributed by atoms with Gasteiger partial charge in [-0.15, -0.1) is 0 Å². The third kappa shape index (κ3) is 2.79. The van der Waals surface area contributed by atoms with Gasteiger partial charge in [0.25, 0.3) is 0 Å². The summed E-state index contributed by atoms with van der Waals surface area (Å²) in [5.74, 6) is -0.0117. The zero-order valence-electron chi connectivity index (χ0n) is 9.47. The van der Waals surface area contributed by atoms with Crippen LogP contribution in [0.2, 0.25) is 0 Å². The summed E-state index contributed by atoms with van der Waals surface area (Å²) in [4.78, 5) is 0. The van der Waals surface area contributed by atoms with Crippen molar-refractivity contribution in [1.29, 1.82) is 0 Å². The second kappa shape index (κ2) is 4.91. The largest absolute Gasteiger partial charge is 0.320 e. The molecule has 1 nitrogen and oxygen atoms in total. The van der Waals surface area contributed by atoms with Gasteiger partial charge in [0.2, 0.25) is 0 Å². The van der Waals surface area contributed by atoms with E-state index in [1.807, 2.05) is 7.05 Å². The van der Waals surface area contributed by atoms with E-state index in [0.717, 1.165) is 24.6 Å². The lowest BCUT2D eigenvalue weighted by atomic mass is 9.91. The molecule has 0 saturated heterocycles. The molecule has 0 aliphatic heterocycles. The second-order valence-corrected chi connectivity index (χ2v) is 4.54. The van der Waals surface area contributed by atoms with Crippen molar-refractivity contribution in [3.8, 4) is 0 Å². The summed E-state index contributed by atoms with van der Waals surface area (Å²) in [5, 5.41) is 3.09. The molecule has 0 amide bonds. The molecule has 1 aliphatic rings. The fourth-order valence-corrected chi connectivity index (χ4v) is 2.26. The first-order valence-corrected chi connectivity index (χ1v) is 5.81. The lowest BCUT2D eigenvalue weighted by molar-refractivity contribution is 0.524. The van der Waals surface area contributed by atoms with Gasteiger partial charge in [-0.2, -0.15) is 0 Å². The van der Waals surface area contributed by atoms with Crippen LogP contribution < -0.4 is 5.32 Å². The summed E-state index contributed by atoms with van der Waals surface area (Å²) in [5.41, 5.74) is 0.815. The lowest BCUT2D eigenvalue weighted by Crippen LogP contribution is -2.13. The van der Waals surface area contributed by atoms with E-state index in [-0.39, 0.29) is 0 Å². The Labute approximate surface area is 94.9 Å². The maximum absolute atomic E-state index is 13.1. The standard InChI is InChI=1S/C13H17F2N/c1-16-5-4-13(9-2-3-9)10-6-11(14)8-12(15)7-10/h6-9,13,16H,2-5H2,1H3. The summed E-state index contributed by atoms with van der Waals surface area (Å²) in [6.07, 6.45) is 3.32. The maximum Gasteiger partial charge on any atom is 0.126 e. The zero-order chi connectivity index (χ0) is 11.5. The van der Waals surface area contributed by atoms with E-state index in [2.05, 4.69) is 5.32 Å². The van der Waals surface area contributed by atoms with Crippen LogP contribution in [0.15, 0.2) is 18.2 Å². The SMILES string of the molecule is CNCCC(c1cc(F)cc(F)c1)C1CC1. The van der Waals surface area contributed by atoms with Gasteiger partial charge in [-0.05, 0) is 62.4 Å². The number of rotatable bonds is 5. The van der Waals surface area contributed by atoms with E-state index in [9.17, 15) is 8.78 Å². The first-order chi connectivity index (χ1) is 7.70. The van der Waals surface area contributed by atoms with Gasteiger partial charge in [0.05, 0.1) is 0 Å². The molecule has 0 spiro atoms. The Morgan fingerprint density at radius 3 is 2.38 bits per heavy atom. The van der Waals surface area contributed by atoms with Crippen LogP contribution in [-0.2, 0) is 0 Å². The highest BCUT2D eigenvalue weighted by atomic mass is 19.1. The molecule has 16 heavy (non-hydrogen) atoms. The van der Waals surface area contributed by atoms with E-state index >= 15 is 0 Å². The van der Waals surface area contributed by atoms with Crippen LogP contribution in [0.1, 0.15) is 30.7 Å². The van der Waals surface area contributed by atoms with E-state index in [1.54, 1.807) is 0 Å². The maximum atomic E-state index is 13.1. The van der Waals surface area contributed by atoms with Crippen LogP contribution in [0.5, 0.6) is 0 Å². The highest BCUT2D eigenvalue weighted by Crippen LogP contribution is 2.44. The van der Waals surface area contributed by atoms with Gasteiger partial charge in [0, 0.05) is 6.07 Å². The van der Waals surface area contributed by atoms with E-state index in [4.69, 9.17) is 0 Å². The molecule has 1 fully saturated rings. The first kappa shape index (κ1) is 11.5. The molecule has 1 aliphatic carbocycles. The van der Waals surface area contributed by atoms with Gasteiger partial charge in [0.1, 0.15) is 11.6 Å². The van der Waals surface area contributed by atoms with Gasteiger partial charge < -0.3 is 5.32 Å². The van der Waals surface area contributed by atoms with Crippen molar-refractivity contribution in [3.05, 3.63) is 35.4 Å². The number of hydrogen-bond donors (Lipinski definition) is 1. The summed E-state index contributed by atoms with van der Waals surface area (Å²) in [7, 11) is 1.90. The molecular formula is C13H17F2N. The quantitative estimate of drug-likeness (QED) is 0.812. The topological polar surface area (TPSA) is 12.0 Å². The third-order valence-corrected chi connectivity index (χ3v) is 3.21. The molecule has 0 aromatic heterocycles. The molecule has 1 aromatic rings.